The zero-order valence-corrected chi connectivity index (χ0v) is 10.7. The van der Waals surface area contributed by atoms with E-state index in [1.165, 1.54) is 0 Å². The number of carbonyl (C=O) groups excluding carboxylic acids is 1. The third-order valence-corrected chi connectivity index (χ3v) is 2.76. The van der Waals surface area contributed by atoms with Crippen molar-refractivity contribution in [3.63, 3.8) is 0 Å². The molecule has 1 aromatic rings. The lowest BCUT2D eigenvalue weighted by atomic mass is 10.00. The molecule has 0 saturated carbocycles. The first-order valence-electron chi connectivity index (χ1n) is 6.08. The Kier molecular flexibility index (Phi) is 5.31. The molecule has 0 aliphatic heterocycles. The third-order valence-electron chi connectivity index (χ3n) is 2.76. The summed E-state index contributed by atoms with van der Waals surface area (Å²) in [5.41, 5.74) is 1.67. The monoisotopic (exact) mass is 246 g/mol. The predicted molar refractivity (Wildman–Crippen MR) is 71.4 cm³/mol. The van der Waals surface area contributed by atoms with E-state index in [9.17, 15) is 9.59 Å². The highest BCUT2D eigenvalue weighted by atomic mass is 16.4. The molecule has 3 heteroatoms. The molecule has 1 unspecified atom stereocenters. The number of allylic oxidation sites excluding steroid dienone is 1. The zero-order valence-electron chi connectivity index (χ0n) is 10.7. The van der Waals surface area contributed by atoms with Crippen LogP contribution in [0.1, 0.15) is 43.7 Å². The average Bonchev–Trinajstić information content (AvgIpc) is 2.36. The van der Waals surface area contributed by atoms with Gasteiger partial charge in [0.15, 0.2) is 5.78 Å². The molecular formula is C15H18O3. The minimum absolute atomic E-state index is 0.112. The van der Waals surface area contributed by atoms with Crippen LogP contribution in [0.3, 0.4) is 0 Å². The van der Waals surface area contributed by atoms with Crippen LogP contribution < -0.4 is 0 Å². The van der Waals surface area contributed by atoms with Crippen molar-refractivity contribution >= 4 is 17.8 Å². The van der Waals surface area contributed by atoms with Crippen LogP contribution in [0.4, 0.5) is 0 Å². The van der Waals surface area contributed by atoms with Crippen molar-refractivity contribution in [2.75, 3.05) is 0 Å². The normalized spacial score (nSPS) is 12.6. The number of carboxylic acids is 1. The Morgan fingerprint density at radius 3 is 2.39 bits per heavy atom. The van der Waals surface area contributed by atoms with Crippen LogP contribution in [-0.2, 0) is 9.59 Å². The lowest BCUT2D eigenvalue weighted by molar-refractivity contribution is -0.138. The summed E-state index contributed by atoms with van der Waals surface area (Å²) in [6.07, 6.45) is 4.73. The van der Waals surface area contributed by atoms with Gasteiger partial charge in [-0.25, -0.2) is 0 Å². The van der Waals surface area contributed by atoms with E-state index < -0.39 is 11.9 Å². The molecule has 96 valence electrons. The van der Waals surface area contributed by atoms with E-state index in [1.54, 1.807) is 31.2 Å². The van der Waals surface area contributed by atoms with E-state index >= 15 is 0 Å². The van der Waals surface area contributed by atoms with Crippen molar-refractivity contribution in [1.82, 2.24) is 0 Å². The van der Waals surface area contributed by atoms with Crippen molar-refractivity contribution in [3.8, 4) is 0 Å². The first-order valence-corrected chi connectivity index (χ1v) is 6.08. The molecule has 0 aromatic heterocycles. The SMILES string of the molecule is CCCC(=O)C=Cc1ccc(C(C)C(=O)O)cc1. The van der Waals surface area contributed by atoms with Gasteiger partial charge < -0.3 is 5.11 Å². The molecule has 1 rings (SSSR count). The highest BCUT2D eigenvalue weighted by Gasteiger charge is 2.12. The van der Waals surface area contributed by atoms with Gasteiger partial charge in [-0.05, 0) is 30.5 Å². The van der Waals surface area contributed by atoms with Gasteiger partial charge in [-0.1, -0.05) is 37.3 Å². The second-order valence-electron chi connectivity index (χ2n) is 4.28. The van der Waals surface area contributed by atoms with Gasteiger partial charge in [0, 0.05) is 6.42 Å². The number of rotatable bonds is 6. The van der Waals surface area contributed by atoms with Crippen molar-refractivity contribution in [2.45, 2.75) is 32.6 Å². The molecule has 1 aromatic carbocycles. The number of benzene rings is 1. The van der Waals surface area contributed by atoms with Crippen molar-refractivity contribution in [1.29, 1.82) is 0 Å². The van der Waals surface area contributed by atoms with Crippen molar-refractivity contribution in [3.05, 3.63) is 41.5 Å². The predicted octanol–water partition coefficient (Wildman–Crippen LogP) is 3.26. The van der Waals surface area contributed by atoms with Gasteiger partial charge in [-0.15, -0.1) is 0 Å². The molecule has 3 nitrogen and oxygen atoms in total. The number of carbonyl (C=O) groups is 2. The molecule has 0 aliphatic carbocycles. The van der Waals surface area contributed by atoms with Gasteiger partial charge in [0.2, 0.25) is 0 Å². The molecule has 0 heterocycles. The second-order valence-corrected chi connectivity index (χ2v) is 4.28. The van der Waals surface area contributed by atoms with Crippen molar-refractivity contribution < 1.29 is 14.7 Å². The fourth-order valence-electron chi connectivity index (χ4n) is 1.56. The summed E-state index contributed by atoms with van der Waals surface area (Å²) in [5, 5.41) is 8.88. The number of hydrogen-bond acceptors (Lipinski definition) is 2. The first-order chi connectivity index (χ1) is 8.54. The van der Waals surface area contributed by atoms with Crippen LogP contribution in [0.25, 0.3) is 6.08 Å². The molecule has 1 N–H and O–H groups in total. The van der Waals surface area contributed by atoms with Crippen LogP contribution >= 0.6 is 0 Å². The molecule has 0 fully saturated rings. The van der Waals surface area contributed by atoms with Gasteiger partial charge in [0.05, 0.1) is 5.92 Å². The molecule has 0 radical (unpaired) electrons. The van der Waals surface area contributed by atoms with Gasteiger partial charge in [-0.2, -0.15) is 0 Å². The number of carboxylic acid groups (broad SMARTS) is 1. The zero-order chi connectivity index (χ0) is 13.5. The summed E-state index contributed by atoms with van der Waals surface area (Å²) in [7, 11) is 0. The minimum Gasteiger partial charge on any atom is -0.481 e. The summed E-state index contributed by atoms with van der Waals surface area (Å²) in [5.74, 6) is -1.23. The number of ketones is 1. The molecule has 1 atom stereocenters. The Morgan fingerprint density at radius 1 is 1.28 bits per heavy atom. The van der Waals surface area contributed by atoms with Crippen LogP contribution in [0, 0.1) is 0 Å². The van der Waals surface area contributed by atoms with E-state index in [0.717, 1.165) is 17.5 Å². The van der Waals surface area contributed by atoms with Gasteiger partial charge >= 0.3 is 5.97 Å². The summed E-state index contributed by atoms with van der Waals surface area (Å²) in [4.78, 5) is 22.1. The van der Waals surface area contributed by atoms with Crippen LogP contribution in [-0.4, -0.2) is 16.9 Å². The standard InChI is InChI=1S/C15H18O3/c1-3-4-14(16)10-7-12-5-8-13(9-6-12)11(2)15(17)18/h5-11H,3-4H2,1-2H3,(H,17,18). The maximum Gasteiger partial charge on any atom is 0.310 e. The molecule has 0 spiro atoms. The quantitative estimate of drug-likeness (QED) is 0.784. The summed E-state index contributed by atoms with van der Waals surface area (Å²) < 4.78 is 0. The maximum absolute atomic E-state index is 11.3. The fourth-order valence-corrected chi connectivity index (χ4v) is 1.56. The van der Waals surface area contributed by atoms with E-state index in [0.29, 0.717) is 6.42 Å². The summed E-state index contributed by atoms with van der Waals surface area (Å²) >= 11 is 0. The van der Waals surface area contributed by atoms with Gasteiger partial charge in [-0.3, -0.25) is 9.59 Å². The average molecular weight is 246 g/mol. The largest absolute Gasteiger partial charge is 0.481 e. The van der Waals surface area contributed by atoms with Gasteiger partial charge in [0.1, 0.15) is 0 Å². The van der Waals surface area contributed by atoms with E-state index in [1.807, 2.05) is 19.1 Å². The van der Waals surface area contributed by atoms with Gasteiger partial charge in [0.25, 0.3) is 0 Å². The maximum atomic E-state index is 11.3. The van der Waals surface area contributed by atoms with E-state index in [-0.39, 0.29) is 5.78 Å². The molecule has 0 aliphatic rings. The molecular weight excluding hydrogens is 228 g/mol. The Bertz CT molecular complexity index is 443. The Morgan fingerprint density at radius 2 is 1.89 bits per heavy atom. The minimum atomic E-state index is -0.837. The second kappa shape index (κ2) is 6.74. The van der Waals surface area contributed by atoms with Crippen LogP contribution in [0.5, 0.6) is 0 Å². The number of aliphatic carboxylic acids is 1. The molecule has 0 saturated heterocycles. The Labute approximate surface area is 107 Å². The fraction of sp³-hybridized carbons (Fsp3) is 0.333. The highest BCUT2D eigenvalue weighted by molar-refractivity contribution is 5.93. The number of hydrogen-bond donors (Lipinski definition) is 1. The smallest absolute Gasteiger partial charge is 0.310 e. The Hall–Kier alpha value is -1.90. The third kappa shape index (κ3) is 4.17. The summed E-state index contributed by atoms with van der Waals surface area (Å²) in [6, 6.07) is 7.21. The topological polar surface area (TPSA) is 54.4 Å². The van der Waals surface area contributed by atoms with Crippen molar-refractivity contribution in [2.24, 2.45) is 0 Å². The molecule has 0 amide bonds. The van der Waals surface area contributed by atoms with E-state index in [2.05, 4.69) is 0 Å². The summed E-state index contributed by atoms with van der Waals surface area (Å²) in [6.45, 7) is 3.62. The Balaban J connectivity index is 2.71. The first kappa shape index (κ1) is 14.2. The molecule has 0 bridgehead atoms. The van der Waals surface area contributed by atoms with Crippen LogP contribution in [0.2, 0.25) is 0 Å². The molecule has 18 heavy (non-hydrogen) atoms. The lowest BCUT2D eigenvalue weighted by Crippen LogP contribution is -2.06. The highest BCUT2D eigenvalue weighted by Crippen LogP contribution is 2.16. The lowest BCUT2D eigenvalue weighted by Gasteiger charge is -2.06. The van der Waals surface area contributed by atoms with Crippen LogP contribution in [0.15, 0.2) is 30.3 Å². The van der Waals surface area contributed by atoms with E-state index in [4.69, 9.17) is 5.11 Å².